The molecular formula is C18H19N5O2. The van der Waals surface area contributed by atoms with Crippen molar-refractivity contribution in [2.45, 2.75) is 26.9 Å². The summed E-state index contributed by atoms with van der Waals surface area (Å²) in [5, 5.41) is 1.10. The second kappa shape index (κ2) is 5.47. The van der Waals surface area contributed by atoms with Crippen LogP contribution in [-0.4, -0.2) is 23.7 Å². The number of aromatic nitrogens is 5. The Kier molecular flexibility index (Phi) is 3.38. The van der Waals surface area contributed by atoms with E-state index in [-0.39, 0.29) is 11.2 Å². The molecule has 0 saturated heterocycles. The highest BCUT2D eigenvalue weighted by atomic mass is 16.2. The van der Waals surface area contributed by atoms with Gasteiger partial charge in [0.25, 0.3) is 5.56 Å². The number of nitrogens with zero attached hydrogens (tertiary/aromatic N) is 4. The van der Waals surface area contributed by atoms with Crippen molar-refractivity contribution in [2.24, 2.45) is 7.05 Å². The molecule has 0 unspecified atom stereocenters. The lowest BCUT2D eigenvalue weighted by Gasteiger charge is -2.06. The van der Waals surface area contributed by atoms with Crippen LogP contribution in [0, 0.1) is 0 Å². The third kappa shape index (κ3) is 2.08. The maximum atomic E-state index is 12.6. The van der Waals surface area contributed by atoms with Crippen LogP contribution >= 0.6 is 0 Å². The van der Waals surface area contributed by atoms with E-state index in [0.717, 1.165) is 16.6 Å². The molecule has 0 spiro atoms. The molecular weight excluding hydrogens is 318 g/mol. The number of hydrogen-bond donors (Lipinski definition) is 1. The van der Waals surface area contributed by atoms with Crippen molar-refractivity contribution in [3.05, 3.63) is 51.2 Å². The van der Waals surface area contributed by atoms with E-state index in [1.165, 1.54) is 9.13 Å². The van der Waals surface area contributed by atoms with Gasteiger partial charge in [-0.15, -0.1) is 0 Å². The predicted molar refractivity (Wildman–Crippen MR) is 97.9 cm³/mol. The van der Waals surface area contributed by atoms with Gasteiger partial charge in [-0.05, 0) is 26.0 Å². The Bertz CT molecular complexity index is 1220. The Labute approximate surface area is 143 Å². The van der Waals surface area contributed by atoms with E-state index >= 15 is 0 Å². The largest absolute Gasteiger partial charge is 0.341 e. The number of H-pyrrole nitrogens is 1. The first-order valence-corrected chi connectivity index (χ1v) is 8.35. The normalized spacial score (nSPS) is 11.6. The van der Waals surface area contributed by atoms with E-state index in [2.05, 4.69) is 9.97 Å². The molecule has 0 amide bonds. The molecule has 3 heterocycles. The number of para-hydroxylation sites is 1. The van der Waals surface area contributed by atoms with Gasteiger partial charge in [0.05, 0.1) is 5.69 Å². The highest BCUT2D eigenvalue weighted by Crippen LogP contribution is 2.26. The average molecular weight is 337 g/mol. The van der Waals surface area contributed by atoms with Gasteiger partial charge in [0, 0.05) is 31.0 Å². The fourth-order valence-electron chi connectivity index (χ4n) is 3.37. The van der Waals surface area contributed by atoms with E-state index in [4.69, 9.17) is 0 Å². The van der Waals surface area contributed by atoms with Crippen LogP contribution in [0.1, 0.15) is 13.8 Å². The summed E-state index contributed by atoms with van der Waals surface area (Å²) in [6.45, 7) is 4.44. The summed E-state index contributed by atoms with van der Waals surface area (Å²) in [6, 6.07) is 10.1. The monoisotopic (exact) mass is 337 g/mol. The van der Waals surface area contributed by atoms with Crippen molar-refractivity contribution in [3.8, 4) is 11.5 Å². The first kappa shape index (κ1) is 15.4. The minimum absolute atomic E-state index is 0.322. The van der Waals surface area contributed by atoms with Crippen LogP contribution in [0.4, 0.5) is 0 Å². The van der Waals surface area contributed by atoms with Crippen LogP contribution in [0.2, 0.25) is 0 Å². The van der Waals surface area contributed by atoms with Gasteiger partial charge < -0.3 is 9.55 Å². The van der Waals surface area contributed by atoms with Gasteiger partial charge in [0.2, 0.25) is 0 Å². The Balaban J connectivity index is 2.07. The predicted octanol–water partition coefficient (Wildman–Crippen LogP) is 2.08. The van der Waals surface area contributed by atoms with Gasteiger partial charge in [0.15, 0.2) is 11.5 Å². The Morgan fingerprint density at radius 1 is 1.08 bits per heavy atom. The van der Waals surface area contributed by atoms with Crippen molar-refractivity contribution in [2.75, 3.05) is 0 Å². The molecule has 0 aliphatic rings. The van der Waals surface area contributed by atoms with Crippen LogP contribution in [0.15, 0.2) is 39.9 Å². The molecule has 0 aliphatic heterocycles. The minimum Gasteiger partial charge on any atom is -0.341 e. The summed E-state index contributed by atoms with van der Waals surface area (Å²) < 4.78 is 4.79. The molecule has 4 rings (SSSR count). The lowest BCUT2D eigenvalue weighted by molar-refractivity contribution is 0.606. The second-order valence-corrected chi connectivity index (χ2v) is 6.01. The van der Waals surface area contributed by atoms with Crippen LogP contribution in [0.25, 0.3) is 33.6 Å². The van der Waals surface area contributed by atoms with E-state index in [1.807, 2.05) is 48.9 Å². The Hall–Kier alpha value is -3.09. The van der Waals surface area contributed by atoms with Gasteiger partial charge in [-0.1, -0.05) is 18.2 Å². The highest BCUT2D eigenvalue weighted by molar-refractivity contribution is 5.87. The molecule has 0 bridgehead atoms. The van der Waals surface area contributed by atoms with E-state index in [9.17, 15) is 9.59 Å². The number of hydrogen-bond acceptors (Lipinski definition) is 3. The smallest absolute Gasteiger partial charge is 0.332 e. The van der Waals surface area contributed by atoms with Crippen LogP contribution in [0.3, 0.4) is 0 Å². The summed E-state index contributed by atoms with van der Waals surface area (Å²) >= 11 is 0. The van der Waals surface area contributed by atoms with Crippen molar-refractivity contribution in [1.29, 1.82) is 0 Å². The number of aromatic amines is 1. The van der Waals surface area contributed by atoms with Gasteiger partial charge in [-0.25, -0.2) is 9.78 Å². The third-order valence-corrected chi connectivity index (χ3v) is 4.69. The lowest BCUT2D eigenvalue weighted by Crippen LogP contribution is -2.39. The molecule has 0 fully saturated rings. The summed E-state index contributed by atoms with van der Waals surface area (Å²) in [4.78, 5) is 32.8. The first-order valence-electron chi connectivity index (χ1n) is 8.35. The fourth-order valence-corrected chi connectivity index (χ4v) is 3.37. The summed E-state index contributed by atoms with van der Waals surface area (Å²) in [7, 11) is 1.96. The van der Waals surface area contributed by atoms with Gasteiger partial charge in [-0.3, -0.25) is 13.9 Å². The number of rotatable bonds is 3. The second-order valence-electron chi connectivity index (χ2n) is 6.01. The van der Waals surface area contributed by atoms with E-state index in [0.29, 0.717) is 30.1 Å². The molecule has 0 radical (unpaired) electrons. The SMILES string of the molecule is CCn1c(=O)c2[nH]c(-c3cc4ccccc4n3C)nc2n(CC)c1=O. The molecule has 0 aliphatic carbocycles. The molecule has 4 aromatic rings. The van der Waals surface area contributed by atoms with Gasteiger partial charge in [0.1, 0.15) is 5.52 Å². The Morgan fingerprint density at radius 2 is 1.80 bits per heavy atom. The van der Waals surface area contributed by atoms with Crippen LogP contribution < -0.4 is 11.2 Å². The highest BCUT2D eigenvalue weighted by Gasteiger charge is 2.18. The molecule has 7 nitrogen and oxygen atoms in total. The lowest BCUT2D eigenvalue weighted by atomic mass is 10.2. The quantitative estimate of drug-likeness (QED) is 0.622. The van der Waals surface area contributed by atoms with Crippen molar-refractivity contribution < 1.29 is 0 Å². The van der Waals surface area contributed by atoms with Crippen LogP contribution in [-0.2, 0) is 20.1 Å². The molecule has 1 aromatic carbocycles. The number of fused-ring (bicyclic) bond motifs is 2. The molecule has 3 aromatic heterocycles. The number of aryl methyl sites for hydroxylation is 2. The topological polar surface area (TPSA) is 77.6 Å². The maximum Gasteiger partial charge on any atom is 0.332 e. The molecule has 0 saturated carbocycles. The summed E-state index contributed by atoms with van der Waals surface area (Å²) in [6.07, 6.45) is 0. The summed E-state index contributed by atoms with van der Waals surface area (Å²) in [5.74, 6) is 0.584. The standard InChI is InChI=1S/C18H19N5O2/c1-4-22-16-14(17(24)23(5-2)18(22)25)19-15(20-16)13-10-11-8-6-7-9-12(11)21(13)3/h6-10H,4-5H2,1-3H3,(H,19,20). The Morgan fingerprint density at radius 3 is 2.48 bits per heavy atom. The minimum atomic E-state index is -0.329. The average Bonchev–Trinajstić information content (AvgIpc) is 3.18. The number of benzene rings is 1. The van der Waals surface area contributed by atoms with Crippen molar-refractivity contribution in [3.63, 3.8) is 0 Å². The molecule has 7 heteroatoms. The van der Waals surface area contributed by atoms with E-state index in [1.54, 1.807) is 6.92 Å². The molecule has 128 valence electrons. The van der Waals surface area contributed by atoms with Crippen LogP contribution in [0.5, 0.6) is 0 Å². The zero-order chi connectivity index (χ0) is 17.7. The molecule has 1 N–H and O–H groups in total. The zero-order valence-corrected chi connectivity index (χ0v) is 14.4. The molecule has 25 heavy (non-hydrogen) atoms. The van der Waals surface area contributed by atoms with Crippen molar-refractivity contribution in [1.82, 2.24) is 23.7 Å². The number of nitrogens with one attached hydrogen (secondary N) is 1. The van der Waals surface area contributed by atoms with Gasteiger partial charge in [-0.2, -0.15) is 0 Å². The maximum absolute atomic E-state index is 12.6. The van der Waals surface area contributed by atoms with E-state index < -0.39 is 0 Å². The first-order chi connectivity index (χ1) is 12.1. The fraction of sp³-hybridized carbons (Fsp3) is 0.278. The molecule has 0 atom stereocenters. The summed E-state index contributed by atoms with van der Waals surface area (Å²) in [5.41, 5.74) is 2.07. The van der Waals surface area contributed by atoms with Gasteiger partial charge >= 0.3 is 5.69 Å². The zero-order valence-electron chi connectivity index (χ0n) is 14.4. The van der Waals surface area contributed by atoms with Crippen molar-refractivity contribution >= 4 is 22.1 Å². The third-order valence-electron chi connectivity index (χ3n) is 4.69. The number of imidazole rings is 1.